The van der Waals surface area contributed by atoms with E-state index in [1.54, 1.807) is 23.9 Å². The molecule has 1 radical (unpaired) electrons. The van der Waals surface area contributed by atoms with Gasteiger partial charge >= 0.3 is 0 Å². The predicted molar refractivity (Wildman–Crippen MR) is 87.3 cm³/mol. The fourth-order valence-corrected chi connectivity index (χ4v) is 2.46. The molecule has 0 fully saturated rings. The van der Waals surface area contributed by atoms with Crippen molar-refractivity contribution < 1.29 is 41.8 Å². The van der Waals surface area contributed by atoms with Gasteiger partial charge in [0.15, 0.2) is 0 Å². The molecule has 0 atom stereocenters. The predicted octanol–water partition coefficient (Wildman–Crippen LogP) is 4.46. The average molecular weight is 393 g/mol. The number of likely N-dealkylation sites (N-methyl/N-ethyl adjacent to an activating group) is 1. The number of halogens is 1. The fourth-order valence-electron chi connectivity index (χ4n) is 2.22. The van der Waals surface area contributed by atoms with Gasteiger partial charge in [-0.25, -0.2) is 4.39 Å². The van der Waals surface area contributed by atoms with Gasteiger partial charge in [0.2, 0.25) is 0 Å². The number of rotatable bonds is 5. The average Bonchev–Trinajstić information content (AvgIpc) is 2.48. The van der Waals surface area contributed by atoms with Gasteiger partial charge in [0, 0.05) is 39.3 Å². The van der Waals surface area contributed by atoms with E-state index in [0.29, 0.717) is 29.5 Å². The van der Waals surface area contributed by atoms with E-state index in [1.807, 2.05) is 31.1 Å². The van der Waals surface area contributed by atoms with E-state index < -0.39 is 0 Å². The molecule has 1 aliphatic heterocycles. The molecule has 1 aromatic rings. The van der Waals surface area contributed by atoms with E-state index >= 15 is 0 Å². The third-order valence-corrected chi connectivity index (χ3v) is 3.69. The molecule has 22 heavy (non-hydrogen) atoms. The Morgan fingerprint density at radius 3 is 2.77 bits per heavy atom. The van der Waals surface area contributed by atoms with Crippen LogP contribution in [0.5, 0.6) is 5.75 Å². The van der Waals surface area contributed by atoms with Gasteiger partial charge in [0.05, 0.1) is 11.6 Å². The maximum atomic E-state index is 14.4. The molecule has 0 saturated carbocycles. The Hall–Kier alpha value is -0.576. The Kier molecular flexibility index (Phi) is 7.88. The van der Waals surface area contributed by atoms with Crippen molar-refractivity contribution in [2.75, 3.05) is 18.7 Å². The number of ether oxygens (including phenoxy) is 1. The smallest absolute Gasteiger partial charge is 0.132 e. The summed E-state index contributed by atoms with van der Waals surface area (Å²) in [5.74, 6) is 0.701. The number of nitrogens with zero attached hydrogens (tertiary/aromatic N) is 1. The summed E-state index contributed by atoms with van der Waals surface area (Å²) in [5, 5.41) is 0. The van der Waals surface area contributed by atoms with Crippen LogP contribution in [-0.2, 0) is 32.7 Å². The molecule has 1 aliphatic rings. The van der Waals surface area contributed by atoms with Crippen molar-refractivity contribution in [1.29, 1.82) is 0 Å². The van der Waals surface area contributed by atoms with Gasteiger partial charge in [-0.05, 0) is 36.6 Å². The fraction of sp³-hybridized carbons (Fsp3) is 0.294. The normalized spacial score (nSPS) is 14.2. The first kappa shape index (κ1) is 19.5. The number of hydrogen-bond acceptors (Lipinski definition) is 3. The van der Waals surface area contributed by atoms with E-state index in [9.17, 15) is 4.39 Å². The first-order chi connectivity index (χ1) is 10.1. The summed E-state index contributed by atoms with van der Waals surface area (Å²) in [4.78, 5) is 1.96. The van der Waals surface area contributed by atoms with Crippen LogP contribution < -0.4 is 4.74 Å². The molecule has 2 rings (SSSR count). The van der Waals surface area contributed by atoms with Crippen molar-refractivity contribution in [1.82, 2.24) is 4.90 Å². The molecule has 0 spiro atoms. The topological polar surface area (TPSA) is 12.5 Å². The Labute approximate surface area is 161 Å². The molecule has 0 unspecified atom stereocenters. The second-order valence-corrected chi connectivity index (χ2v) is 5.49. The summed E-state index contributed by atoms with van der Waals surface area (Å²) in [6.07, 6.45) is 6.95. The molecule has 0 amide bonds. The molecular weight excluding hydrogens is 374 g/mol. The van der Waals surface area contributed by atoms with E-state index in [2.05, 4.69) is 12.7 Å². The van der Waals surface area contributed by atoms with E-state index in [0.717, 1.165) is 11.3 Å². The number of hydrogen-bond donors (Lipinski definition) is 0. The van der Waals surface area contributed by atoms with Crippen molar-refractivity contribution in [3.8, 4) is 5.75 Å². The monoisotopic (exact) mass is 393 g/mol. The molecule has 2 nitrogen and oxygen atoms in total. The van der Waals surface area contributed by atoms with Gasteiger partial charge in [-0.2, -0.15) is 12.2 Å². The second-order valence-electron chi connectivity index (χ2n) is 4.68. The summed E-state index contributed by atoms with van der Waals surface area (Å²) in [6, 6.07) is 4.88. The molecular formula is C17H19FNOSY-. The van der Waals surface area contributed by atoms with Crippen molar-refractivity contribution in [3.63, 3.8) is 0 Å². The summed E-state index contributed by atoms with van der Waals surface area (Å²) >= 11 is 1.55. The van der Waals surface area contributed by atoms with Crippen molar-refractivity contribution in [2.24, 2.45) is 0 Å². The van der Waals surface area contributed by atoms with Crippen LogP contribution in [0.3, 0.4) is 0 Å². The number of thioether (sulfide) groups is 1. The Morgan fingerprint density at radius 2 is 2.14 bits per heavy atom. The molecule has 1 heterocycles. The first-order valence-corrected chi connectivity index (χ1v) is 8.17. The number of allylic oxidation sites excluding steroid dienone is 3. The van der Waals surface area contributed by atoms with Gasteiger partial charge in [0.25, 0.3) is 0 Å². The minimum Gasteiger partial charge on any atom is -0.495 e. The Balaban J connectivity index is 0.00000242. The third kappa shape index (κ3) is 4.03. The molecule has 5 heteroatoms. The van der Waals surface area contributed by atoms with Crippen LogP contribution in [0, 0.1) is 11.9 Å². The summed E-state index contributed by atoms with van der Waals surface area (Å²) < 4.78 is 20.0. The summed E-state index contributed by atoms with van der Waals surface area (Å²) in [7, 11) is 0. The van der Waals surface area contributed by atoms with Crippen LogP contribution in [0.1, 0.15) is 19.4 Å². The quantitative estimate of drug-likeness (QED) is 0.541. The van der Waals surface area contributed by atoms with Crippen LogP contribution in [-0.4, -0.2) is 23.6 Å². The zero-order chi connectivity index (χ0) is 15.4. The van der Waals surface area contributed by atoms with Crippen molar-refractivity contribution in [3.05, 3.63) is 59.6 Å². The van der Waals surface area contributed by atoms with Crippen LogP contribution in [0.15, 0.2) is 42.1 Å². The van der Waals surface area contributed by atoms with Gasteiger partial charge in [-0.1, -0.05) is 25.3 Å². The van der Waals surface area contributed by atoms with Crippen molar-refractivity contribution >= 4 is 17.5 Å². The molecule has 0 N–H and O–H groups in total. The standard InChI is InChI=1S/C17H19FNOS.Y/c1-5-19-13(3)12(2)9-10-15(19)17-14(18)7-6-8-16(17)20-11-21-4;/h6-9H,3,5,11H2,1-2,4H3;/q-1;. The zero-order valence-electron chi connectivity index (χ0n) is 13.1. The van der Waals surface area contributed by atoms with Gasteiger partial charge in [-0.3, -0.25) is 0 Å². The van der Waals surface area contributed by atoms with Crippen molar-refractivity contribution in [2.45, 2.75) is 13.8 Å². The van der Waals surface area contributed by atoms with Gasteiger partial charge in [0.1, 0.15) is 5.94 Å². The Bertz CT molecular complexity index is 613. The van der Waals surface area contributed by atoms with Gasteiger partial charge in [-0.15, -0.1) is 17.3 Å². The molecule has 115 valence electrons. The second kappa shape index (κ2) is 8.90. The minimum atomic E-state index is -0.310. The number of benzene rings is 1. The summed E-state index contributed by atoms with van der Waals surface area (Å²) in [5.41, 5.74) is 3.01. The largest absolute Gasteiger partial charge is 0.495 e. The maximum Gasteiger partial charge on any atom is 0.132 e. The molecule has 0 aliphatic carbocycles. The molecule has 0 aromatic heterocycles. The zero-order valence-corrected chi connectivity index (χ0v) is 16.8. The van der Waals surface area contributed by atoms with Gasteiger partial charge < -0.3 is 9.64 Å². The SMILES string of the molecule is C=C1C(C)=C[C-]=C(c2c(F)cccc2OCSC)N1CC.[Y]. The first-order valence-electron chi connectivity index (χ1n) is 6.77. The Morgan fingerprint density at radius 1 is 1.41 bits per heavy atom. The molecule has 0 bridgehead atoms. The minimum absolute atomic E-state index is 0. The maximum absolute atomic E-state index is 14.4. The molecule has 1 aromatic carbocycles. The van der Waals surface area contributed by atoms with Crippen LogP contribution in [0.4, 0.5) is 4.39 Å². The van der Waals surface area contributed by atoms with E-state index in [-0.39, 0.29) is 38.5 Å². The van der Waals surface area contributed by atoms with E-state index in [1.165, 1.54) is 6.07 Å². The van der Waals surface area contributed by atoms with Crippen LogP contribution >= 0.6 is 11.8 Å². The molecule has 0 saturated heterocycles. The summed E-state index contributed by atoms with van der Waals surface area (Å²) in [6.45, 7) is 8.75. The van der Waals surface area contributed by atoms with Crippen LogP contribution in [0.25, 0.3) is 5.70 Å². The third-order valence-electron chi connectivity index (χ3n) is 3.34. The van der Waals surface area contributed by atoms with Crippen LogP contribution in [0.2, 0.25) is 0 Å². The van der Waals surface area contributed by atoms with E-state index in [4.69, 9.17) is 4.74 Å².